The van der Waals surface area contributed by atoms with E-state index in [1.165, 1.54) is 6.21 Å². The number of methoxy groups -OCH3 is 1. The Morgan fingerprint density at radius 3 is 2.75 bits per heavy atom. The van der Waals surface area contributed by atoms with Crippen LogP contribution in [0.3, 0.4) is 0 Å². The second-order valence-electron chi connectivity index (χ2n) is 5.98. The average Bonchev–Trinajstić information content (AvgIpc) is 3.23. The molecule has 0 unspecified atom stereocenters. The number of carbonyl (C=O) groups is 1. The van der Waals surface area contributed by atoms with E-state index in [4.69, 9.17) is 9.47 Å². The summed E-state index contributed by atoms with van der Waals surface area (Å²) in [6.07, 6.45) is 2.49. The van der Waals surface area contributed by atoms with Crippen LogP contribution >= 0.6 is 0 Å². The van der Waals surface area contributed by atoms with Crippen molar-refractivity contribution >= 4 is 12.1 Å². The highest BCUT2D eigenvalue weighted by molar-refractivity contribution is 5.94. The van der Waals surface area contributed by atoms with Crippen molar-refractivity contribution in [2.75, 3.05) is 13.7 Å². The molecule has 7 heteroatoms. The highest BCUT2D eigenvalue weighted by atomic mass is 16.5. The topological polar surface area (TPSA) is 88.6 Å². The molecule has 0 bridgehead atoms. The number of ether oxygens (including phenoxy) is 2. The van der Waals surface area contributed by atoms with Crippen LogP contribution < -0.4 is 14.9 Å². The number of hydrogen-bond acceptors (Lipinski definition) is 5. The smallest absolute Gasteiger partial charge is 0.289 e. The first kappa shape index (κ1) is 19.2. The van der Waals surface area contributed by atoms with Crippen molar-refractivity contribution in [1.29, 1.82) is 0 Å². The molecule has 3 aromatic rings. The monoisotopic (exact) mass is 378 g/mol. The van der Waals surface area contributed by atoms with E-state index in [-0.39, 0.29) is 5.91 Å². The van der Waals surface area contributed by atoms with Gasteiger partial charge in [-0.1, -0.05) is 19.1 Å². The van der Waals surface area contributed by atoms with E-state index in [2.05, 4.69) is 27.6 Å². The van der Waals surface area contributed by atoms with Gasteiger partial charge in [0.2, 0.25) is 0 Å². The Labute approximate surface area is 163 Å². The molecule has 2 aromatic carbocycles. The van der Waals surface area contributed by atoms with Gasteiger partial charge in [-0.25, -0.2) is 5.43 Å². The molecule has 0 aliphatic carbocycles. The van der Waals surface area contributed by atoms with Gasteiger partial charge in [-0.2, -0.15) is 10.2 Å². The molecule has 0 aliphatic heterocycles. The Hall–Kier alpha value is -3.61. The number of rotatable bonds is 8. The third-order valence-electron chi connectivity index (χ3n) is 3.95. The molecule has 1 aromatic heterocycles. The van der Waals surface area contributed by atoms with Crippen molar-refractivity contribution in [3.8, 4) is 22.8 Å². The van der Waals surface area contributed by atoms with Gasteiger partial charge in [0.25, 0.3) is 5.91 Å². The Morgan fingerprint density at radius 2 is 2.00 bits per heavy atom. The summed E-state index contributed by atoms with van der Waals surface area (Å²) in [7, 11) is 1.58. The van der Waals surface area contributed by atoms with Gasteiger partial charge in [-0.15, -0.1) is 0 Å². The Morgan fingerprint density at radius 1 is 1.21 bits per heavy atom. The normalized spacial score (nSPS) is 10.8. The minimum atomic E-state index is -0.382. The molecule has 1 amide bonds. The highest BCUT2D eigenvalue weighted by Crippen LogP contribution is 2.21. The number of benzene rings is 2. The lowest BCUT2D eigenvalue weighted by Crippen LogP contribution is -2.18. The number of H-pyrrole nitrogens is 1. The Bertz CT molecular complexity index is 948. The van der Waals surface area contributed by atoms with Crippen molar-refractivity contribution in [3.05, 3.63) is 65.9 Å². The van der Waals surface area contributed by atoms with Crippen molar-refractivity contribution in [1.82, 2.24) is 15.6 Å². The zero-order valence-corrected chi connectivity index (χ0v) is 15.8. The predicted molar refractivity (Wildman–Crippen MR) is 108 cm³/mol. The number of para-hydroxylation sites is 1. The van der Waals surface area contributed by atoms with E-state index < -0.39 is 0 Å². The summed E-state index contributed by atoms with van der Waals surface area (Å²) in [6.45, 7) is 2.74. The van der Waals surface area contributed by atoms with Gasteiger partial charge in [0.1, 0.15) is 17.2 Å². The number of nitrogens with one attached hydrogen (secondary N) is 2. The summed E-state index contributed by atoms with van der Waals surface area (Å²) in [5, 5.41) is 10.9. The quantitative estimate of drug-likeness (QED) is 0.463. The molecular formula is C21H22N4O3. The van der Waals surface area contributed by atoms with Crippen molar-refractivity contribution in [2.45, 2.75) is 13.3 Å². The van der Waals surface area contributed by atoms with Crippen LogP contribution in [-0.4, -0.2) is 36.0 Å². The first-order chi connectivity index (χ1) is 13.7. The van der Waals surface area contributed by atoms with E-state index in [1.54, 1.807) is 13.2 Å². The molecule has 1 heterocycles. The summed E-state index contributed by atoms with van der Waals surface area (Å²) < 4.78 is 10.8. The van der Waals surface area contributed by atoms with E-state index in [1.807, 2.05) is 48.5 Å². The number of aromatic amines is 1. The third kappa shape index (κ3) is 4.76. The molecule has 28 heavy (non-hydrogen) atoms. The van der Waals surface area contributed by atoms with Crippen LogP contribution in [0, 0.1) is 0 Å². The fourth-order valence-corrected chi connectivity index (χ4v) is 2.52. The fourth-order valence-electron chi connectivity index (χ4n) is 2.52. The lowest BCUT2D eigenvalue weighted by molar-refractivity contribution is 0.0950. The maximum absolute atomic E-state index is 12.3. The number of amides is 1. The number of hydrogen-bond donors (Lipinski definition) is 2. The fraction of sp³-hybridized carbons (Fsp3) is 0.190. The summed E-state index contributed by atoms with van der Waals surface area (Å²) in [4.78, 5) is 12.3. The van der Waals surface area contributed by atoms with E-state index in [0.717, 1.165) is 23.3 Å². The maximum atomic E-state index is 12.3. The first-order valence-corrected chi connectivity index (χ1v) is 8.96. The number of hydrazone groups is 1. The molecule has 2 N–H and O–H groups in total. The van der Waals surface area contributed by atoms with Gasteiger partial charge in [0, 0.05) is 11.1 Å². The zero-order chi connectivity index (χ0) is 19.8. The molecule has 0 fully saturated rings. The molecule has 3 rings (SSSR count). The van der Waals surface area contributed by atoms with Crippen LogP contribution in [0.4, 0.5) is 0 Å². The Kier molecular flexibility index (Phi) is 6.41. The summed E-state index contributed by atoms with van der Waals surface area (Å²) in [6, 6.07) is 16.7. The van der Waals surface area contributed by atoms with Crippen LogP contribution in [0.2, 0.25) is 0 Å². The largest absolute Gasteiger partial charge is 0.496 e. The van der Waals surface area contributed by atoms with Gasteiger partial charge < -0.3 is 9.47 Å². The van der Waals surface area contributed by atoms with Crippen LogP contribution in [0.1, 0.15) is 29.4 Å². The molecular weight excluding hydrogens is 356 g/mol. The molecule has 7 nitrogen and oxygen atoms in total. The second kappa shape index (κ2) is 9.36. The van der Waals surface area contributed by atoms with Crippen LogP contribution in [0.25, 0.3) is 11.3 Å². The SMILES string of the molecule is CCCOc1ccc(-c2cc(C(=O)N/N=C\c3ccccc3OC)[nH]n2)cc1. The van der Waals surface area contributed by atoms with Gasteiger partial charge in [-0.05, 0) is 48.9 Å². The average molecular weight is 378 g/mol. The summed E-state index contributed by atoms with van der Waals surface area (Å²) >= 11 is 0. The van der Waals surface area contributed by atoms with E-state index in [0.29, 0.717) is 23.7 Å². The van der Waals surface area contributed by atoms with E-state index >= 15 is 0 Å². The molecule has 0 aliphatic rings. The molecule has 0 atom stereocenters. The second-order valence-corrected chi connectivity index (χ2v) is 5.98. The van der Waals surface area contributed by atoms with Gasteiger partial charge in [-0.3, -0.25) is 9.89 Å². The summed E-state index contributed by atoms with van der Waals surface area (Å²) in [5.41, 5.74) is 5.12. The Balaban J connectivity index is 1.63. The van der Waals surface area contributed by atoms with Crippen molar-refractivity contribution < 1.29 is 14.3 Å². The van der Waals surface area contributed by atoms with Gasteiger partial charge >= 0.3 is 0 Å². The number of carbonyl (C=O) groups excluding carboxylic acids is 1. The van der Waals surface area contributed by atoms with Crippen LogP contribution in [0.15, 0.2) is 59.7 Å². The molecule has 144 valence electrons. The molecule has 0 saturated carbocycles. The van der Waals surface area contributed by atoms with Crippen LogP contribution in [0.5, 0.6) is 11.5 Å². The van der Waals surface area contributed by atoms with Crippen LogP contribution in [-0.2, 0) is 0 Å². The number of aromatic nitrogens is 2. The zero-order valence-electron chi connectivity index (χ0n) is 15.8. The van der Waals surface area contributed by atoms with Gasteiger partial charge in [0.05, 0.1) is 25.6 Å². The predicted octanol–water partition coefficient (Wildman–Crippen LogP) is 3.64. The maximum Gasteiger partial charge on any atom is 0.289 e. The van der Waals surface area contributed by atoms with Gasteiger partial charge in [0.15, 0.2) is 0 Å². The van der Waals surface area contributed by atoms with Crippen molar-refractivity contribution in [2.24, 2.45) is 5.10 Å². The molecule has 0 radical (unpaired) electrons. The minimum Gasteiger partial charge on any atom is -0.496 e. The summed E-state index contributed by atoms with van der Waals surface area (Å²) in [5.74, 6) is 1.10. The lowest BCUT2D eigenvalue weighted by Gasteiger charge is -2.04. The highest BCUT2D eigenvalue weighted by Gasteiger charge is 2.10. The standard InChI is InChI=1S/C21H22N4O3/c1-3-12-28-17-10-8-15(9-11-17)18-13-19(24-23-18)21(26)25-22-14-16-6-4-5-7-20(16)27-2/h4-11,13-14H,3,12H2,1-2H3,(H,23,24)(H,25,26)/b22-14-. The van der Waals surface area contributed by atoms with Crippen molar-refractivity contribution in [3.63, 3.8) is 0 Å². The minimum absolute atomic E-state index is 0.318. The lowest BCUT2D eigenvalue weighted by atomic mass is 10.1. The molecule has 0 saturated heterocycles. The number of nitrogens with zero attached hydrogens (tertiary/aromatic N) is 2. The molecule has 0 spiro atoms. The third-order valence-corrected chi connectivity index (χ3v) is 3.95. The van der Waals surface area contributed by atoms with E-state index in [9.17, 15) is 4.79 Å². The first-order valence-electron chi connectivity index (χ1n) is 8.96.